The lowest BCUT2D eigenvalue weighted by Gasteiger charge is -2.25. The summed E-state index contributed by atoms with van der Waals surface area (Å²) in [6.07, 6.45) is 1.83. The van der Waals surface area contributed by atoms with E-state index in [2.05, 4.69) is 29.4 Å². The van der Waals surface area contributed by atoms with Crippen LogP contribution in [0.5, 0.6) is 0 Å². The van der Waals surface area contributed by atoms with E-state index in [9.17, 15) is 4.39 Å². The third kappa shape index (κ3) is 2.29. The Balaban J connectivity index is 2.40. The molecule has 0 amide bonds. The largest absolute Gasteiger partial charge is 0.316 e. The van der Waals surface area contributed by atoms with E-state index in [0.717, 1.165) is 23.4 Å². The van der Waals surface area contributed by atoms with Gasteiger partial charge in [0.05, 0.1) is 6.20 Å². The number of nitrogens with one attached hydrogen (secondary N) is 2. The van der Waals surface area contributed by atoms with E-state index in [1.807, 2.05) is 25.4 Å². The summed E-state index contributed by atoms with van der Waals surface area (Å²) in [5.74, 6) is -0.213. The van der Waals surface area contributed by atoms with Gasteiger partial charge in [0.2, 0.25) is 0 Å². The fourth-order valence-corrected chi connectivity index (χ4v) is 2.19. The highest BCUT2D eigenvalue weighted by atomic mass is 19.1. The average molecular weight is 247 g/mol. The van der Waals surface area contributed by atoms with Gasteiger partial charge in [-0.2, -0.15) is 5.10 Å². The highest BCUT2D eigenvalue weighted by Gasteiger charge is 2.27. The van der Waals surface area contributed by atoms with E-state index < -0.39 is 0 Å². The number of hydrogen-bond donors (Lipinski definition) is 2. The van der Waals surface area contributed by atoms with Crippen molar-refractivity contribution in [3.05, 3.63) is 53.1 Å². The Kier molecular flexibility index (Phi) is 3.48. The molecule has 0 fully saturated rings. The van der Waals surface area contributed by atoms with Gasteiger partial charge >= 0.3 is 0 Å². The van der Waals surface area contributed by atoms with Crippen molar-refractivity contribution in [1.29, 1.82) is 0 Å². The average Bonchev–Trinajstić information content (AvgIpc) is 2.79. The highest BCUT2D eigenvalue weighted by Crippen LogP contribution is 2.32. The zero-order chi connectivity index (χ0) is 13.2. The van der Waals surface area contributed by atoms with Crippen molar-refractivity contribution in [1.82, 2.24) is 15.5 Å². The molecule has 18 heavy (non-hydrogen) atoms. The summed E-state index contributed by atoms with van der Waals surface area (Å²) in [5.41, 5.74) is 3.02. The van der Waals surface area contributed by atoms with E-state index in [1.165, 1.54) is 12.1 Å². The van der Waals surface area contributed by atoms with Gasteiger partial charge in [0.1, 0.15) is 5.82 Å². The molecule has 96 valence electrons. The molecule has 0 unspecified atom stereocenters. The summed E-state index contributed by atoms with van der Waals surface area (Å²) < 4.78 is 13.0. The van der Waals surface area contributed by atoms with E-state index in [1.54, 1.807) is 0 Å². The molecule has 0 radical (unpaired) electrons. The number of benzene rings is 1. The second kappa shape index (κ2) is 4.90. The predicted molar refractivity (Wildman–Crippen MR) is 69.9 cm³/mol. The summed E-state index contributed by atoms with van der Waals surface area (Å²) in [4.78, 5) is 0. The molecular weight excluding hydrogens is 229 g/mol. The number of aromatic nitrogens is 2. The van der Waals surface area contributed by atoms with Crippen LogP contribution in [0.15, 0.2) is 30.5 Å². The number of hydrogen-bond acceptors (Lipinski definition) is 2. The highest BCUT2D eigenvalue weighted by molar-refractivity contribution is 5.37. The van der Waals surface area contributed by atoms with Crippen LogP contribution in [0.4, 0.5) is 4.39 Å². The molecule has 2 rings (SSSR count). The molecule has 3 nitrogen and oxygen atoms in total. The molecular formula is C14H18FN3. The minimum atomic E-state index is -0.226. The van der Waals surface area contributed by atoms with Crippen molar-refractivity contribution in [2.24, 2.45) is 0 Å². The van der Waals surface area contributed by atoms with Crippen LogP contribution in [0.1, 0.15) is 30.7 Å². The Bertz CT molecular complexity index is 514. The van der Waals surface area contributed by atoms with Gasteiger partial charge < -0.3 is 5.32 Å². The van der Waals surface area contributed by atoms with Crippen LogP contribution < -0.4 is 5.32 Å². The van der Waals surface area contributed by atoms with Gasteiger partial charge in [-0.1, -0.05) is 26.0 Å². The Morgan fingerprint density at radius 3 is 2.56 bits per heavy atom. The number of rotatable bonds is 4. The second-order valence-corrected chi connectivity index (χ2v) is 4.93. The second-order valence-electron chi connectivity index (χ2n) is 4.93. The van der Waals surface area contributed by atoms with E-state index in [4.69, 9.17) is 0 Å². The fraction of sp³-hybridized carbons (Fsp3) is 0.357. The Morgan fingerprint density at radius 2 is 1.94 bits per heavy atom. The van der Waals surface area contributed by atoms with Crippen LogP contribution in [0.3, 0.4) is 0 Å². The standard InChI is InChI=1S/C14H18FN3/c1-14(2,11-4-6-12(15)7-5-11)13-10(8-16-3)9-17-18-13/h4-7,9,16H,8H2,1-3H3,(H,17,18). The minimum Gasteiger partial charge on any atom is -0.316 e. The molecule has 0 bridgehead atoms. The Morgan fingerprint density at radius 1 is 1.28 bits per heavy atom. The van der Waals surface area contributed by atoms with Crippen LogP contribution in [-0.4, -0.2) is 17.2 Å². The number of nitrogens with zero attached hydrogens (tertiary/aromatic N) is 1. The third-order valence-corrected chi connectivity index (χ3v) is 3.28. The van der Waals surface area contributed by atoms with Gasteiger partial charge in [0.15, 0.2) is 0 Å². The lowest BCUT2D eigenvalue weighted by atomic mass is 9.80. The number of aromatic amines is 1. The molecule has 0 saturated heterocycles. The maximum atomic E-state index is 13.0. The first-order chi connectivity index (χ1) is 8.55. The lowest BCUT2D eigenvalue weighted by molar-refractivity contribution is 0.593. The summed E-state index contributed by atoms with van der Waals surface area (Å²) >= 11 is 0. The van der Waals surface area contributed by atoms with Gasteiger partial charge in [-0.15, -0.1) is 0 Å². The smallest absolute Gasteiger partial charge is 0.123 e. The Labute approximate surface area is 106 Å². The fourth-order valence-electron chi connectivity index (χ4n) is 2.19. The van der Waals surface area contributed by atoms with Crippen LogP contribution >= 0.6 is 0 Å². The topological polar surface area (TPSA) is 40.7 Å². The summed E-state index contributed by atoms with van der Waals surface area (Å²) in [6.45, 7) is 4.97. The van der Waals surface area contributed by atoms with Gasteiger partial charge in [0.25, 0.3) is 0 Å². The summed E-state index contributed by atoms with van der Waals surface area (Å²) in [6, 6.07) is 6.62. The molecule has 1 aromatic carbocycles. The van der Waals surface area contributed by atoms with Crippen molar-refractivity contribution in [3.8, 4) is 0 Å². The van der Waals surface area contributed by atoms with Crippen LogP contribution in [-0.2, 0) is 12.0 Å². The molecule has 4 heteroatoms. The van der Waals surface area contributed by atoms with E-state index in [0.29, 0.717) is 0 Å². The molecule has 0 aliphatic rings. The van der Waals surface area contributed by atoms with Crippen LogP contribution in [0.2, 0.25) is 0 Å². The van der Waals surface area contributed by atoms with E-state index >= 15 is 0 Å². The van der Waals surface area contributed by atoms with Gasteiger partial charge in [-0.05, 0) is 24.7 Å². The van der Waals surface area contributed by atoms with Crippen LogP contribution in [0.25, 0.3) is 0 Å². The summed E-state index contributed by atoms with van der Waals surface area (Å²) in [7, 11) is 1.90. The van der Waals surface area contributed by atoms with Crippen molar-refractivity contribution in [2.75, 3.05) is 7.05 Å². The maximum Gasteiger partial charge on any atom is 0.123 e. The minimum absolute atomic E-state index is 0.213. The first kappa shape index (κ1) is 12.8. The molecule has 0 spiro atoms. The lowest BCUT2D eigenvalue weighted by Crippen LogP contribution is -2.22. The molecule has 0 saturated carbocycles. The molecule has 0 atom stereocenters. The monoisotopic (exact) mass is 247 g/mol. The SMILES string of the molecule is CNCc1cn[nH]c1C(C)(C)c1ccc(F)cc1. The van der Waals surface area contributed by atoms with Crippen molar-refractivity contribution in [2.45, 2.75) is 25.8 Å². The van der Waals surface area contributed by atoms with Gasteiger partial charge in [-0.3, -0.25) is 5.10 Å². The van der Waals surface area contributed by atoms with E-state index in [-0.39, 0.29) is 11.2 Å². The molecule has 2 aromatic rings. The molecule has 1 aromatic heterocycles. The summed E-state index contributed by atoms with van der Waals surface area (Å²) in [5, 5.41) is 10.3. The van der Waals surface area contributed by atoms with Crippen molar-refractivity contribution in [3.63, 3.8) is 0 Å². The normalized spacial score (nSPS) is 11.8. The van der Waals surface area contributed by atoms with Gasteiger partial charge in [-0.25, -0.2) is 4.39 Å². The van der Waals surface area contributed by atoms with Gasteiger partial charge in [0, 0.05) is 23.2 Å². The molecule has 1 heterocycles. The molecule has 0 aliphatic carbocycles. The van der Waals surface area contributed by atoms with Crippen LogP contribution in [0, 0.1) is 5.82 Å². The first-order valence-electron chi connectivity index (χ1n) is 5.99. The quantitative estimate of drug-likeness (QED) is 0.872. The predicted octanol–water partition coefficient (Wildman–Crippen LogP) is 2.59. The zero-order valence-corrected chi connectivity index (χ0v) is 10.9. The third-order valence-electron chi connectivity index (χ3n) is 3.28. The number of H-pyrrole nitrogens is 1. The molecule has 0 aliphatic heterocycles. The Hall–Kier alpha value is -1.68. The maximum absolute atomic E-state index is 13.0. The van der Waals surface area contributed by atoms with Crippen molar-refractivity contribution < 1.29 is 4.39 Å². The number of halogens is 1. The first-order valence-corrected chi connectivity index (χ1v) is 5.99. The van der Waals surface area contributed by atoms with Crippen molar-refractivity contribution >= 4 is 0 Å². The zero-order valence-electron chi connectivity index (χ0n) is 10.9. The molecule has 2 N–H and O–H groups in total.